The summed E-state index contributed by atoms with van der Waals surface area (Å²) in [6, 6.07) is 4.24. The number of piperazine rings is 1. The predicted molar refractivity (Wildman–Crippen MR) is 101 cm³/mol. The number of anilines is 2. The van der Waals surface area contributed by atoms with Crippen LogP contribution in [0.1, 0.15) is 23.5 Å². The number of halogens is 2. The molecule has 1 saturated heterocycles. The molecule has 2 aromatic rings. The van der Waals surface area contributed by atoms with Gasteiger partial charge in [-0.3, -0.25) is 14.6 Å². The topological polar surface area (TPSA) is 81.3 Å². The van der Waals surface area contributed by atoms with Crippen LogP contribution in [-0.2, 0) is 4.79 Å². The highest BCUT2D eigenvalue weighted by Gasteiger charge is 2.33. The molecule has 1 aromatic carbocycles. The van der Waals surface area contributed by atoms with Crippen molar-refractivity contribution in [2.75, 3.05) is 43.4 Å². The van der Waals surface area contributed by atoms with Gasteiger partial charge in [0.05, 0.1) is 5.56 Å². The summed E-state index contributed by atoms with van der Waals surface area (Å²) in [6.07, 6.45) is -0.0236. The van der Waals surface area contributed by atoms with E-state index in [9.17, 15) is 14.0 Å². The Hall–Kier alpha value is -2.45. The first-order chi connectivity index (χ1) is 12.9. The molecule has 0 bridgehead atoms. The number of nitrogens with zero attached hydrogens (tertiary/aromatic N) is 3. The zero-order chi connectivity index (χ0) is 19.1. The number of likely N-dealkylation sites (N-methyl/N-ethyl adjacent to an activating group) is 1. The van der Waals surface area contributed by atoms with Crippen molar-refractivity contribution in [1.82, 2.24) is 14.9 Å². The molecule has 1 atom stereocenters. The van der Waals surface area contributed by atoms with E-state index in [4.69, 9.17) is 11.6 Å². The van der Waals surface area contributed by atoms with Gasteiger partial charge in [0.2, 0.25) is 11.9 Å². The van der Waals surface area contributed by atoms with Crippen LogP contribution >= 0.6 is 11.6 Å². The average Bonchev–Trinajstić information content (AvgIpc) is 2.61. The predicted octanol–water partition coefficient (Wildman–Crippen LogP) is 1.79. The Morgan fingerprint density at radius 2 is 1.96 bits per heavy atom. The third-order valence-electron chi connectivity index (χ3n) is 5.08. The fourth-order valence-electron chi connectivity index (χ4n) is 3.58. The maximum atomic E-state index is 14.4. The fourth-order valence-corrected chi connectivity index (χ4v) is 3.74. The molecule has 4 rings (SSSR count). The number of amides is 1. The van der Waals surface area contributed by atoms with Crippen LogP contribution in [0.5, 0.6) is 0 Å². The summed E-state index contributed by atoms with van der Waals surface area (Å²) in [7, 11) is 2.03. The Labute approximate surface area is 160 Å². The summed E-state index contributed by atoms with van der Waals surface area (Å²) in [5, 5.41) is 2.92. The number of rotatable bonds is 2. The normalized spacial score (nSPS) is 20.3. The van der Waals surface area contributed by atoms with E-state index in [1.54, 1.807) is 6.07 Å². The second-order valence-corrected chi connectivity index (χ2v) is 7.35. The van der Waals surface area contributed by atoms with Crippen molar-refractivity contribution < 1.29 is 9.18 Å². The lowest BCUT2D eigenvalue weighted by molar-refractivity contribution is -0.116. The fraction of sp³-hybridized carbons (Fsp3) is 0.389. The Morgan fingerprint density at radius 3 is 2.67 bits per heavy atom. The number of benzene rings is 1. The molecule has 2 aliphatic rings. The van der Waals surface area contributed by atoms with Gasteiger partial charge in [-0.1, -0.05) is 17.7 Å². The lowest BCUT2D eigenvalue weighted by Crippen LogP contribution is -2.46. The Kier molecular flexibility index (Phi) is 4.61. The van der Waals surface area contributed by atoms with Crippen molar-refractivity contribution in [3.8, 4) is 0 Å². The third-order valence-corrected chi connectivity index (χ3v) is 5.31. The minimum absolute atomic E-state index is 0.0236. The van der Waals surface area contributed by atoms with Gasteiger partial charge in [0.25, 0.3) is 5.56 Å². The molecular weight excluding hydrogens is 373 g/mol. The Morgan fingerprint density at radius 1 is 1.22 bits per heavy atom. The van der Waals surface area contributed by atoms with E-state index in [-0.39, 0.29) is 39.9 Å². The van der Waals surface area contributed by atoms with Gasteiger partial charge in [-0.25, -0.2) is 4.39 Å². The van der Waals surface area contributed by atoms with Crippen LogP contribution in [0, 0.1) is 5.82 Å². The van der Waals surface area contributed by atoms with Crippen LogP contribution in [0.15, 0.2) is 23.0 Å². The molecule has 1 unspecified atom stereocenters. The lowest BCUT2D eigenvalue weighted by Gasteiger charge is -2.33. The number of aromatic amines is 1. The summed E-state index contributed by atoms with van der Waals surface area (Å²) in [4.78, 5) is 36.5. The molecule has 7 nitrogen and oxygen atoms in total. The molecule has 1 fully saturated rings. The number of carbonyl (C=O) groups excluding carboxylic acids is 1. The van der Waals surface area contributed by atoms with Crippen LogP contribution in [0.2, 0.25) is 5.02 Å². The number of H-pyrrole nitrogens is 1. The molecule has 142 valence electrons. The van der Waals surface area contributed by atoms with E-state index >= 15 is 0 Å². The van der Waals surface area contributed by atoms with Crippen molar-refractivity contribution in [3.05, 3.63) is 50.5 Å². The van der Waals surface area contributed by atoms with Crippen molar-refractivity contribution in [2.24, 2.45) is 0 Å². The highest BCUT2D eigenvalue weighted by molar-refractivity contribution is 6.30. The molecule has 1 aromatic heterocycles. The van der Waals surface area contributed by atoms with Crippen molar-refractivity contribution in [1.29, 1.82) is 0 Å². The number of hydrogen-bond acceptors (Lipinski definition) is 5. The van der Waals surface area contributed by atoms with Gasteiger partial charge >= 0.3 is 0 Å². The largest absolute Gasteiger partial charge is 0.340 e. The van der Waals surface area contributed by atoms with Crippen molar-refractivity contribution in [3.63, 3.8) is 0 Å². The highest BCUT2D eigenvalue weighted by atomic mass is 35.5. The van der Waals surface area contributed by atoms with Gasteiger partial charge < -0.3 is 15.1 Å². The number of hydrogen-bond donors (Lipinski definition) is 2. The summed E-state index contributed by atoms with van der Waals surface area (Å²) >= 11 is 5.82. The van der Waals surface area contributed by atoms with Gasteiger partial charge in [0.15, 0.2) is 0 Å². The SMILES string of the molecule is CN1CCN(c2nc3c(c(=O)[nH]2)C(c2ccc(Cl)cc2F)CC(=O)N3)CC1. The molecule has 2 N–H and O–H groups in total. The molecule has 1 amide bonds. The zero-order valence-corrected chi connectivity index (χ0v) is 15.5. The summed E-state index contributed by atoms with van der Waals surface area (Å²) in [6.45, 7) is 3.15. The molecule has 2 aliphatic heterocycles. The summed E-state index contributed by atoms with van der Waals surface area (Å²) in [5.41, 5.74) is 0.164. The number of fused-ring (bicyclic) bond motifs is 1. The van der Waals surface area contributed by atoms with Crippen molar-refractivity contribution >= 4 is 29.3 Å². The van der Waals surface area contributed by atoms with Crippen LogP contribution in [-0.4, -0.2) is 54.0 Å². The monoisotopic (exact) mass is 391 g/mol. The van der Waals surface area contributed by atoms with E-state index < -0.39 is 11.7 Å². The van der Waals surface area contributed by atoms with Crippen LogP contribution < -0.4 is 15.8 Å². The van der Waals surface area contributed by atoms with Gasteiger partial charge in [-0.05, 0) is 24.7 Å². The van der Waals surface area contributed by atoms with E-state index in [0.29, 0.717) is 5.95 Å². The first kappa shape index (κ1) is 17.9. The molecule has 0 aliphatic carbocycles. The van der Waals surface area contributed by atoms with Crippen LogP contribution in [0.25, 0.3) is 0 Å². The minimum Gasteiger partial charge on any atom is -0.340 e. The average molecular weight is 392 g/mol. The van der Waals surface area contributed by atoms with E-state index in [1.807, 2.05) is 11.9 Å². The highest BCUT2D eigenvalue weighted by Crippen LogP contribution is 2.36. The molecule has 0 spiro atoms. The maximum absolute atomic E-state index is 14.4. The van der Waals surface area contributed by atoms with Gasteiger partial charge in [-0.15, -0.1) is 0 Å². The Bertz CT molecular complexity index is 955. The first-order valence-electron chi connectivity index (χ1n) is 8.75. The van der Waals surface area contributed by atoms with Gasteiger partial charge in [-0.2, -0.15) is 4.98 Å². The van der Waals surface area contributed by atoms with Crippen LogP contribution in [0.3, 0.4) is 0 Å². The maximum Gasteiger partial charge on any atom is 0.258 e. The van der Waals surface area contributed by atoms with Crippen molar-refractivity contribution in [2.45, 2.75) is 12.3 Å². The molecular formula is C18H19ClFN5O2. The number of carbonyl (C=O) groups is 1. The second-order valence-electron chi connectivity index (χ2n) is 6.91. The molecule has 9 heteroatoms. The zero-order valence-electron chi connectivity index (χ0n) is 14.8. The van der Waals surface area contributed by atoms with E-state index in [1.165, 1.54) is 12.1 Å². The molecule has 3 heterocycles. The lowest BCUT2D eigenvalue weighted by atomic mass is 9.86. The Balaban J connectivity index is 1.76. The first-order valence-corrected chi connectivity index (χ1v) is 9.12. The standard InChI is InChI=1S/C18H19ClFN5O2/c1-24-4-6-25(7-5-24)18-22-16-15(17(27)23-18)12(9-14(26)21-16)11-3-2-10(19)8-13(11)20/h2-3,8,12H,4-7,9H2,1H3,(H2,21,22,23,26,27). The summed E-state index contributed by atoms with van der Waals surface area (Å²) in [5.74, 6) is -0.934. The molecule has 0 radical (unpaired) electrons. The van der Waals surface area contributed by atoms with E-state index in [0.717, 1.165) is 26.2 Å². The number of aromatic nitrogens is 2. The minimum atomic E-state index is -0.705. The number of nitrogens with one attached hydrogen (secondary N) is 2. The van der Waals surface area contributed by atoms with Crippen LogP contribution in [0.4, 0.5) is 16.2 Å². The summed E-state index contributed by atoms with van der Waals surface area (Å²) < 4.78 is 14.4. The van der Waals surface area contributed by atoms with Gasteiger partial charge in [0, 0.05) is 43.5 Å². The quantitative estimate of drug-likeness (QED) is 0.815. The second kappa shape index (κ2) is 6.94. The molecule has 27 heavy (non-hydrogen) atoms. The third kappa shape index (κ3) is 3.42. The smallest absolute Gasteiger partial charge is 0.258 e. The van der Waals surface area contributed by atoms with Gasteiger partial charge in [0.1, 0.15) is 11.6 Å². The molecule has 0 saturated carbocycles. The van der Waals surface area contributed by atoms with E-state index in [2.05, 4.69) is 20.2 Å².